The van der Waals surface area contributed by atoms with E-state index in [1.807, 2.05) is 0 Å². The number of hydrogen-bond donors (Lipinski definition) is 2. The second-order valence-corrected chi connectivity index (χ2v) is 6.55. The van der Waals surface area contributed by atoms with Gasteiger partial charge in [-0.2, -0.15) is 13.2 Å². The van der Waals surface area contributed by atoms with Gasteiger partial charge < -0.3 is 10.6 Å². The Morgan fingerprint density at radius 2 is 1.85 bits per heavy atom. The van der Waals surface area contributed by atoms with Crippen LogP contribution < -0.4 is 10.6 Å². The van der Waals surface area contributed by atoms with Gasteiger partial charge in [-0.25, -0.2) is 0 Å². The Hall–Kier alpha value is -2.16. The first-order valence-corrected chi connectivity index (χ1v) is 8.61. The lowest BCUT2D eigenvalue weighted by atomic mass is 10.1. The van der Waals surface area contributed by atoms with Crippen molar-refractivity contribution in [1.29, 1.82) is 0 Å². The van der Waals surface area contributed by atoms with E-state index in [0.29, 0.717) is 6.07 Å². The van der Waals surface area contributed by atoms with Crippen LogP contribution in [0.5, 0.6) is 0 Å². The van der Waals surface area contributed by atoms with Crippen LogP contribution >= 0.6 is 0 Å². The van der Waals surface area contributed by atoms with Gasteiger partial charge in [0.2, 0.25) is 5.91 Å². The molecule has 2 N–H and O–H groups in total. The van der Waals surface area contributed by atoms with Gasteiger partial charge in [0.1, 0.15) is 0 Å². The summed E-state index contributed by atoms with van der Waals surface area (Å²) in [7, 11) is 0. The molecule has 1 aliphatic carbocycles. The van der Waals surface area contributed by atoms with Crippen LogP contribution in [-0.4, -0.2) is 22.9 Å². The average molecular weight is 373 g/mol. The molecule has 0 saturated heterocycles. The topological polar surface area (TPSA) is 84.3 Å². The number of rotatable bonds is 5. The summed E-state index contributed by atoms with van der Waals surface area (Å²) in [6.45, 7) is 1.60. The van der Waals surface area contributed by atoms with Gasteiger partial charge in [-0.3, -0.25) is 14.9 Å². The van der Waals surface area contributed by atoms with Crippen LogP contribution in [0.2, 0.25) is 0 Å². The molecule has 1 aromatic rings. The third-order valence-corrected chi connectivity index (χ3v) is 4.51. The first kappa shape index (κ1) is 20.2. The predicted molar refractivity (Wildman–Crippen MR) is 90.8 cm³/mol. The van der Waals surface area contributed by atoms with Gasteiger partial charge in [0.25, 0.3) is 5.69 Å². The van der Waals surface area contributed by atoms with Crippen LogP contribution in [0.15, 0.2) is 18.2 Å². The minimum Gasteiger partial charge on any atom is -0.324 e. The Labute approximate surface area is 149 Å². The fourth-order valence-electron chi connectivity index (χ4n) is 3.11. The number of anilines is 1. The molecule has 1 saturated carbocycles. The van der Waals surface area contributed by atoms with Crippen LogP contribution in [0.3, 0.4) is 0 Å². The molecular weight excluding hydrogens is 351 g/mol. The van der Waals surface area contributed by atoms with Crippen LogP contribution in [0.25, 0.3) is 0 Å². The third kappa shape index (κ3) is 5.42. The maximum atomic E-state index is 13.2. The number of amides is 1. The van der Waals surface area contributed by atoms with Gasteiger partial charge in [0.05, 0.1) is 22.2 Å². The molecule has 0 bridgehead atoms. The highest BCUT2D eigenvalue weighted by atomic mass is 19.4. The molecule has 0 spiro atoms. The zero-order valence-corrected chi connectivity index (χ0v) is 14.4. The lowest BCUT2D eigenvalue weighted by Crippen LogP contribution is -2.44. The summed E-state index contributed by atoms with van der Waals surface area (Å²) >= 11 is 0. The van der Waals surface area contributed by atoms with Crippen molar-refractivity contribution in [2.24, 2.45) is 0 Å². The fourth-order valence-corrected chi connectivity index (χ4v) is 3.11. The number of nitrogens with one attached hydrogen (secondary N) is 2. The van der Waals surface area contributed by atoms with Gasteiger partial charge in [0.15, 0.2) is 0 Å². The molecule has 0 aromatic heterocycles. The molecule has 26 heavy (non-hydrogen) atoms. The molecule has 0 aliphatic heterocycles. The second kappa shape index (κ2) is 8.48. The van der Waals surface area contributed by atoms with Crippen LogP contribution in [0.1, 0.15) is 51.0 Å². The van der Waals surface area contributed by atoms with E-state index in [1.54, 1.807) is 6.92 Å². The van der Waals surface area contributed by atoms with Crippen molar-refractivity contribution in [3.8, 4) is 0 Å². The number of non-ortho nitro benzene ring substituents is 1. The lowest BCUT2D eigenvalue weighted by Gasteiger charge is -2.22. The Kier molecular flexibility index (Phi) is 6.57. The SMILES string of the molecule is C[C@H](NC1CCCCCC1)C(=O)Nc1ccc([N+](=O)[O-])cc1C(F)(F)F. The number of nitro groups is 1. The van der Waals surface area contributed by atoms with Crippen molar-refractivity contribution in [2.75, 3.05) is 5.32 Å². The quantitative estimate of drug-likeness (QED) is 0.459. The van der Waals surface area contributed by atoms with Gasteiger partial charge in [-0.15, -0.1) is 0 Å². The summed E-state index contributed by atoms with van der Waals surface area (Å²) in [6.07, 6.45) is 1.48. The molecule has 6 nitrogen and oxygen atoms in total. The van der Waals surface area contributed by atoms with Crippen molar-refractivity contribution in [1.82, 2.24) is 5.32 Å². The number of hydrogen-bond acceptors (Lipinski definition) is 4. The first-order valence-electron chi connectivity index (χ1n) is 8.61. The molecule has 144 valence electrons. The summed E-state index contributed by atoms with van der Waals surface area (Å²) in [5.74, 6) is -0.603. The molecule has 1 amide bonds. The molecule has 0 radical (unpaired) electrons. The summed E-state index contributed by atoms with van der Waals surface area (Å²) in [5.41, 5.74) is -2.40. The maximum absolute atomic E-state index is 13.2. The van der Waals surface area contributed by atoms with Gasteiger partial charge in [0, 0.05) is 18.2 Å². The van der Waals surface area contributed by atoms with E-state index in [2.05, 4.69) is 10.6 Å². The summed E-state index contributed by atoms with van der Waals surface area (Å²) < 4.78 is 39.5. The standard InChI is InChI=1S/C17H22F3N3O3/c1-11(21-12-6-4-2-3-5-7-12)16(24)22-15-9-8-13(23(25)26)10-14(15)17(18,19)20/h8-12,21H,2-7H2,1H3,(H,22,24)/t11-/m0/s1. The van der Waals surface area contributed by atoms with Crippen molar-refractivity contribution in [3.05, 3.63) is 33.9 Å². The Morgan fingerprint density at radius 1 is 1.23 bits per heavy atom. The first-order chi connectivity index (χ1) is 12.2. The number of halogens is 3. The monoisotopic (exact) mass is 373 g/mol. The van der Waals surface area contributed by atoms with E-state index in [9.17, 15) is 28.1 Å². The zero-order chi connectivity index (χ0) is 19.3. The molecule has 0 heterocycles. The van der Waals surface area contributed by atoms with Crippen LogP contribution in [0, 0.1) is 10.1 Å². The summed E-state index contributed by atoms with van der Waals surface area (Å²) in [5, 5.41) is 16.1. The van der Waals surface area contributed by atoms with Crippen molar-refractivity contribution in [2.45, 2.75) is 63.7 Å². The molecule has 1 atom stereocenters. The highest BCUT2D eigenvalue weighted by Gasteiger charge is 2.36. The fraction of sp³-hybridized carbons (Fsp3) is 0.588. The number of alkyl halides is 3. The van der Waals surface area contributed by atoms with E-state index in [4.69, 9.17) is 0 Å². The van der Waals surface area contributed by atoms with Crippen molar-refractivity contribution < 1.29 is 22.9 Å². The Morgan fingerprint density at radius 3 is 2.38 bits per heavy atom. The van der Waals surface area contributed by atoms with Crippen molar-refractivity contribution >= 4 is 17.3 Å². The molecule has 2 rings (SSSR count). The number of nitrogens with zero attached hydrogens (tertiary/aromatic N) is 1. The highest BCUT2D eigenvalue weighted by Crippen LogP contribution is 2.37. The average Bonchev–Trinajstić information content (AvgIpc) is 2.82. The smallest absolute Gasteiger partial charge is 0.324 e. The second-order valence-electron chi connectivity index (χ2n) is 6.55. The maximum Gasteiger partial charge on any atom is 0.418 e. The molecule has 0 unspecified atom stereocenters. The van der Waals surface area contributed by atoms with E-state index < -0.39 is 40.0 Å². The number of nitro benzene ring substituents is 1. The summed E-state index contributed by atoms with van der Waals surface area (Å²) in [4.78, 5) is 22.1. The van der Waals surface area contributed by atoms with E-state index >= 15 is 0 Å². The van der Waals surface area contributed by atoms with E-state index in [1.165, 1.54) is 0 Å². The number of carbonyl (C=O) groups excluding carboxylic acids is 1. The number of benzene rings is 1. The highest BCUT2D eigenvalue weighted by molar-refractivity contribution is 5.95. The molecular formula is C17H22F3N3O3. The van der Waals surface area contributed by atoms with Gasteiger partial charge in [-0.1, -0.05) is 25.7 Å². The van der Waals surface area contributed by atoms with Crippen LogP contribution in [0.4, 0.5) is 24.5 Å². The lowest BCUT2D eigenvalue weighted by molar-refractivity contribution is -0.385. The minimum absolute atomic E-state index is 0.164. The Bertz CT molecular complexity index is 656. The largest absolute Gasteiger partial charge is 0.418 e. The van der Waals surface area contributed by atoms with E-state index in [0.717, 1.165) is 50.7 Å². The normalized spacial score (nSPS) is 17.4. The van der Waals surface area contributed by atoms with Gasteiger partial charge in [-0.05, 0) is 25.8 Å². The minimum atomic E-state index is -4.81. The molecule has 1 aliphatic rings. The zero-order valence-electron chi connectivity index (χ0n) is 14.4. The molecule has 1 fully saturated rings. The summed E-state index contributed by atoms with van der Waals surface area (Å²) in [6, 6.07) is 1.77. The molecule has 1 aromatic carbocycles. The van der Waals surface area contributed by atoms with Gasteiger partial charge >= 0.3 is 6.18 Å². The van der Waals surface area contributed by atoms with Crippen LogP contribution in [-0.2, 0) is 11.0 Å². The number of carbonyl (C=O) groups is 1. The predicted octanol–water partition coefficient (Wildman–Crippen LogP) is 4.25. The van der Waals surface area contributed by atoms with E-state index in [-0.39, 0.29) is 6.04 Å². The Balaban J connectivity index is 2.10. The molecule has 9 heteroatoms. The third-order valence-electron chi connectivity index (χ3n) is 4.51. The van der Waals surface area contributed by atoms with Crippen molar-refractivity contribution in [3.63, 3.8) is 0 Å².